The third-order valence-corrected chi connectivity index (χ3v) is 3.52. The molecule has 0 saturated heterocycles. The quantitative estimate of drug-likeness (QED) is 0.803. The maximum Gasteiger partial charge on any atom is 0.270 e. The number of para-hydroxylation sites is 1. The summed E-state index contributed by atoms with van der Waals surface area (Å²) in [6.07, 6.45) is 1.65. The summed E-state index contributed by atoms with van der Waals surface area (Å²) < 4.78 is 5.29. The molecule has 3 aromatic rings. The van der Waals surface area contributed by atoms with Crippen molar-refractivity contribution in [3.63, 3.8) is 0 Å². The Morgan fingerprint density at radius 1 is 1.09 bits per heavy atom. The van der Waals surface area contributed by atoms with Crippen LogP contribution >= 0.6 is 0 Å². The van der Waals surface area contributed by atoms with Crippen LogP contribution in [0.4, 0.5) is 0 Å². The molecule has 4 heteroatoms. The summed E-state index contributed by atoms with van der Waals surface area (Å²) in [6.45, 7) is 0.397. The normalized spacial score (nSPS) is 10.4. The first-order valence-electron chi connectivity index (χ1n) is 7.03. The van der Waals surface area contributed by atoms with E-state index < -0.39 is 0 Å². The fourth-order valence-electron chi connectivity index (χ4n) is 2.41. The highest BCUT2D eigenvalue weighted by molar-refractivity contribution is 6.05. The van der Waals surface area contributed by atoms with E-state index in [2.05, 4.69) is 10.3 Å². The Morgan fingerprint density at radius 2 is 1.86 bits per heavy atom. The number of pyridine rings is 1. The molecule has 1 amide bonds. The summed E-state index contributed by atoms with van der Waals surface area (Å²) >= 11 is 0. The highest BCUT2D eigenvalue weighted by Crippen LogP contribution is 2.18. The standard InChI is InChI=1S/C18H16N2O2/c1-22-16-9-5-3-7-14(16)12-20-18(21)17-15-8-4-2-6-13(15)10-11-19-17/h2-11H,12H2,1H3,(H,20,21). The van der Waals surface area contributed by atoms with Crippen LogP contribution in [0, 0.1) is 0 Å². The molecule has 1 heterocycles. The first-order valence-corrected chi connectivity index (χ1v) is 7.03. The van der Waals surface area contributed by atoms with Crippen LogP contribution in [-0.4, -0.2) is 18.0 Å². The Labute approximate surface area is 128 Å². The maximum absolute atomic E-state index is 12.4. The van der Waals surface area contributed by atoms with Crippen LogP contribution < -0.4 is 10.1 Å². The van der Waals surface area contributed by atoms with Crippen molar-refractivity contribution in [2.75, 3.05) is 7.11 Å². The number of carbonyl (C=O) groups is 1. The molecule has 0 unspecified atom stereocenters. The number of methoxy groups -OCH3 is 1. The van der Waals surface area contributed by atoms with Gasteiger partial charge in [0.25, 0.3) is 5.91 Å². The number of fused-ring (bicyclic) bond motifs is 1. The molecule has 0 aliphatic rings. The smallest absolute Gasteiger partial charge is 0.270 e. The van der Waals surface area contributed by atoms with Crippen LogP contribution in [0.5, 0.6) is 5.75 Å². The highest BCUT2D eigenvalue weighted by Gasteiger charge is 2.12. The molecule has 0 aliphatic carbocycles. The molecule has 22 heavy (non-hydrogen) atoms. The van der Waals surface area contributed by atoms with Gasteiger partial charge in [-0.1, -0.05) is 42.5 Å². The third-order valence-electron chi connectivity index (χ3n) is 3.52. The molecule has 0 aliphatic heterocycles. The van der Waals surface area contributed by atoms with Gasteiger partial charge in [0.15, 0.2) is 0 Å². The Kier molecular flexibility index (Phi) is 4.01. The van der Waals surface area contributed by atoms with Crippen LogP contribution in [0.15, 0.2) is 60.8 Å². The second kappa shape index (κ2) is 6.26. The molecule has 1 N–H and O–H groups in total. The van der Waals surface area contributed by atoms with Crippen LogP contribution in [0.25, 0.3) is 10.8 Å². The van der Waals surface area contributed by atoms with E-state index in [-0.39, 0.29) is 5.91 Å². The number of ether oxygens (including phenoxy) is 1. The number of hydrogen-bond donors (Lipinski definition) is 1. The summed E-state index contributed by atoms with van der Waals surface area (Å²) in [5, 5.41) is 4.75. The molecule has 0 saturated carbocycles. The van der Waals surface area contributed by atoms with Gasteiger partial charge in [0.05, 0.1) is 7.11 Å². The Hall–Kier alpha value is -2.88. The number of carbonyl (C=O) groups excluding carboxylic acids is 1. The van der Waals surface area contributed by atoms with Gasteiger partial charge in [0, 0.05) is 23.7 Å². The summed E-state index contributed by atoms with van der Waals surface area (Å²) in [5.74, 6) is 0.566. The average molecular weight is 292 g/mol. The second-order valence-electron chi connectivity index (χ2n) is 4.88. The fraction of sp³-hybridized carbons (Fsp3) is 0.111. The first-order chi connectivity index (χ1) is 10.8. The van der Waals surface area contributed by atoms with Crippen LogP contribution in [0.1, 0.15) is 16.1 Å². The summed E-state index contributed by atoms with van der Waals surface area (Å²) in [6, 6.07) is 17.2. The first kappa shape index (κ1) is 14.1. The van der Waals surface area contributed by atoms with E-state index >= 15 is 0 Å². The van der Waals surface area contributed by atoms with Crippen molar-refractivity contribution >= 4 is 16.7 Å². The molecule has 1 aromatic heterocycles. The van der Waals surface area contributed by atoms with E-state index in [0.29, 0.717) is 12.2 Å². The van der Waals surface area contributed by atoms with Crippen molar-refractivity contribution in [3.8, 4) is 5.75 Å². The lowest BCUT2D eigenvalue weighted by molar-refractivity contribution is 0.0947. The van der Waals surface area contributed by atoms with E-state index in [1.165, 1.54) is 0 Å². The Bertz CT molecular complexity index is 810. The van der Waals surface area contributed by atoms with Crippen LogP contribution in [0.2, 0.25) is 0 Å². The largest absolute Gasteiger partial charge is 0.496 e. The SMILES string of the molecule is COc1ccccc1CNC(=O)c1nccc2ccccc12. The molecule has 4 nitrogen and oxygen atoms in total. The molecular formula is C18H16N2O2. The Balaban J connectivity index is 1.82. The monoisotopic (exact) mass is 292 g/mol. The fourth-order valence-corrected chi connectivity index (χ4v) is 2.41. The van der Waals surface area contributed by atoms with E-state index in [4.69, 9.17) is 4.74 Å². The van der Waals surface area contributed by atoms with E-state index in [1.54, 1.807) is 13.3 Å². The molecule has 0 spiro atoms. The second-order valence-corrected chi connectivity index (χ2v) is 4.88. The number of rotatable bonds is 4. The van der Waals surface area contributed by atoms with Crippen molar-refractivity contribution in [2.45, 2.75) is 6.54 Å². The van der Waals surface area contributed by atoms with Gasteiger partial charge in [-0.25, -0.2) is 0 Å². The van der Waals surface area contributed by atoms with Gasteiger partial charge in [-0.05, 0) is 17.5 Å². The molecule has 0 radical (unpaired) electrons. The lowest BCUT2D eigenvalue weighted by Crippen LogP contribution is -2.24. The molecular weight excluding hydrogens is 276 g/mol. The van der Waals surface area contributed by atoms with Gasteiger partial charge < -0.3 is 10.1 Å². The molecule has 2 aromatic carbocycles. The maximum atomic E-state index is 12.4. The van der Waals surface area contributed by atoms with E-state index in [1.807, 2.05) is 54.6 Å². The van der Waals surface area contributed by atoms with Gasteiger partial charge in [0.1, 0.15) is 11.4 Å². The highest BCUT2D eigenvalue weighted by atomic mass is 16.5. The van der Waals surface area contributed by atoms with Gasteiger partial charge >= 0.3 is 0 Å². The number of amides is 1. The number of hydrogen-bond acceptors (Lipinski definition) is 3. The zero-order valence-corrected chi connectivity index (χ0v) is 12.2. The predicted molar refractivity (Wildman–Crippen MR) is 85.9 cm³/mol. The molecule has 0 bridgehead atoms. The third kappa shape index (κ3) is 2.76. The van der Waals surface area contributed by atoms with Crippen molar-refractivity contribution in [1.82, 2.24) is 10.3 Å². The number of nitrogens with one attached hydrogen (secondary N) is 1. The zero-order chi connectivity index (χ0) is 15.4. The zero-order valence-electron chi connectivity index (χ0n) is 12.2. The van der Waals surface area contributed by atoms with Gasteiger partial charge in [-0.2, -0.15) is 0 Å². The number of nitrogens with zero attached hydrogens (tertiary/aromatic N) is 1. The van der Waals surface area contributed by atoms with Gasteiger partial charge in [-0.15, -0.1) is 0 Å². The molecule has 0 fully saturated rings. The number of benzene rings is 2. The van der Waals surface area contributed by atoms with E-state index in [0.717, 1.165) is 22.1 Å². The lowest BCUT2D eigenvalue weighted by atomic mass is 10.1. The van der Waals surface area contributed by atoms with Crippen molar-refractivity contribution < 1.29 is 9.53 Å². The predicted octanol–water partition coefficient (Wildman–Crippen LogP) is 3.17. The molecule has 0 atom stereocenters. The summed E-state index contributed by atoms with van der Waals surface area (Å²) in [4.78, 5) is 16.6. The number of aromatic nitrogens is 1. The lowest BCUT2D eigenvalue weighted by Gasteiger charge is -2.10. The summed E-state index contributed by atoms with van der Waals surface area (Å²) in [5.41, 5.74) is 1.37. The van der Waals surface area contributed by atoms with Gasteiger partial charge in [0.2, 0.25) is 0 Å². The minimum absolute atomic E-state index is 0.192. The van der Waals surface area contributed by atoms with Gasteiger partial charge in [-0.3, -0.25) is 9.78 Å². The minimum Gasteiger partial charge on any atom is -0.496 e. The molecule has 3 rings (SSSR count). The van der Waals surface area contributed by atoms with Crippen molar-refractivity contribution in [2.24, 2.45) is 0 Å². The summed E-state index contributed by atoms with van der Waals surface area (Å²) in [7, 11) is 1.62. The van der Waals surface area contributed by atoms with Crippen molar-refractivity contribution in [3.05, 3.63) is 72.1 Å². The van der Waals surface area contributed by atoms with Crippen molar-refractivity contribution in [1.29, 1.82) is 0 Å². The van der Waals surface area contributed by atoms with Crippen LogP contribution in [-0.2, 0) is 6.54 Å². The minimum atomic E-state index is -0.192. The topological polar surface area (TPSA) is 51.2 Å². The molecule has 110 valence electrons. The average Bonchev–Trinajstić information content (AvgIpc) is 2.59. The Morgan fingerprint density at radius 3 is 2.73 bits per heavy atom. The van der Waals surface area contributed by atoms with E-state index in [9.17, 15) is 4.79 Å². The van der Waals surface area contributed by atoms with Crippen LogP contribution in [0.3, 0.4) is 0 Å².